The Morgan fingerprint density at radius 3 is 2.69 bits per heavy atom. The number of carbonyl (C=O) groups excluding carboxylic acids is 1. The van der Waals surface area contributed by atoms with Crippen LogP contribution in [0.25, 0.3) is 0 Å². The first kappa shape index (κ1) is 13.4. The second kappa shape index (κ2) is 5.10. The zero-order chi connectivity index (χ0) is 12.3. The highest BCUT2D eigenvalue weighted by atomic mass is 79.9. The van der Waals surface area contributed by atoms with Gasteiger partial charge in [0.25, 0.3) is 0 Å². The van der Waals surface area contributed by atoms with Gasteiger partial charge >= 0.3 is 0 Å². The summed E-state index contributed by atoms with van der Waals surface area (Å²) in [4.78, 5) is 12.3. The molecule has 0 amide bonds. The van der Waals surface area contributed by atoms with Crippen LogP contribution in [-0.4, -0.2) is 27.8 Å². The Morgan fingerprint density at radius 2 is 2.19 bits per heavy atom. The fourth-order valence-electron chi connectivity index (χ4n) is 1.54. The molecule has 5 heteroatoms. The highest BCUT2D eigenvalue weighted by Crippen LogP contribution is 2.23. The van der Waals surface area contributed by atoms with Crippen LogP contribution >= 0.6 is 15.9 Å². The molecule has 16 heavy (non-hydrogen) atoms. The fourth-order valence-corrected chi connectivity index (χ4v) is 2.02. The van der Waals surface area contributed by atoms with E-state index < -0.39 is 5.60 Å². The summed E-state index contributed by atoms with van der Waals surface area (Å²) in [6.07, 6.45) is 1.64. The number of aromatic nitrogens is 2. The lowest BCUT2D eigenvalue weighted by molar-refractivity contribution is 0.000409. The van der Waals surface area contributed by atoms with Gasteiger partial charge in [0, 0.05) is 13.2 Å². The summed E-state index contributed by atoms with van der Waals surface area (Å²) in [7, 11) is 0. The molecule has 0 fully saturated rings. The Kier molecular flexibility index (Phi) is 4.27. The maximum Gasteiger partial charge on any atom is 0.213 e. The van der Waals surface area contributed by atoms with Gasteiger partial charge < -0.3 is 4.74 Å². The molecule has 0 spiro atoms. The number of hydrogen-bond acceptors (Lipinski definition) is 3. The summed E-state index contributed by atoms with van der Waals surface area (Å²) in [5.74, 6) is -0.0550. The summed E-state index contributed by atoms with van der Waals surface area (Å²) >= 11 is 3.34. The quantitative estimate of drug-likeness (QED) is 0.783. The maximum absolute atomic E-state index is 12.3. The van der Waals surface area contributed by atoms with Crippen molar-refractivity contribution in [3.05, 3.63) is 16.4 Å². The average Bonchev–Trinajstić information content (AvgIpc) is 2.58. The molecule has 0 aliphatic heterocycles. The van der Waals surface area contributed by atoms with Gasteiger partial charge in [0.05, 0.1) is 10.7 Å². The van der Waals surface area contributed by atoms with E-state index in [0.29, 0.717) is 23.3 Å². The number of Topliss-reactive ketones (excluding diaryl/α,β-unsaturated/α-hetero) is 1. The number of aryl methyl sites for hydroxylation is 1. The normalized spacial score (nSPS) is 11.8. The predicted molar refractivity (Wildman–Crippen MR) is 65.6 cm³/mol. The van der Waals surface area contributed by atoms with Crippen molar-refractivity contribution in [2.75, 3.05) is 6.61 Å². The first-order valence-corrected chi connectivity index (χ1v) is 6.13. The lowest BCUT2D eigenvalue weighted by Gasteiger charge is -2.23. The molecule has 0 bridgehead atoms. The minimum Gasteiger partial charge on any atom is -0.368 e. The van der Waals surface area contributed by atoms with Gasteiger partial charge in [-0.25, -0.2) is 0 Å². The van der Waals surface area contributed by atoms with Gasteiger partial charge in [-0.15, -0.1) is 0 Å². The van der Waals surface area contributed by atoms with Crippen LogP contribution in [0, 0.1) is 0 Å². The SMILES string of the molecule is CCOC(C)(C)C(=O)c1c(Br)cnn1CC. The van der Waals surface area contributed by atoms with Crippen LogP contribution in [0.3, 0.4) is 0 Å². The number of hydrogen-bond donors (Lipinski definition) is 0. The Labute approximate surface area is 104 Å². The van der Waals surface area contributed by atoms with E-state index >= 15 is 0 Å². The molecule has 0 unspecified atom stereocenters. The van der Waals surface area contributed by atoms with Crippen LogP contribution in [0.5, 0.6) is 0 Å². The van der Waals surface area contributed by atoms with Crippen LogP contribution in [0.1, 0.15) is 38.2 Å². The zero-order valence-corrected chi connectivity index (χ0v) is 11.7. The van der Waals surface area contributed by atoms with Gasteiger partial charge in [0.1, 0.15) is 11.3 Å². The third kappa shape index (κ3) is 2.52. The molecule has 0 radical (unpaired) electrons. The Hall–Kier alpha value is -0.680. The molecule has 0 N–H and O–H groups in total. The monoisotopic (exact) mass is 288 g/mol. The average molecular weight is 289 g/mol. The summed E-state index contributed by atoms with van der Waals surface area (Å²) in [6, 6.07) is 0. The largest absolute Gasteiger partial charge is 0.368 e. The third-order valence-electron chi connectivity index (χ3n) is 2.36. The fraction of sp³-hybridized carbons (Fsp3) is 0.636. The van der Waals surface area contributed by atoms with E-state index in [0.717, 1.165) is 0 Å². The van der Waals surface area contributed by atoms with E-state index in [4.69, 9.17) is 4.74 Å². The molecule has 1 heterocycles. The predicted octanol–water partition coefficient (Wildman–Crippen LogP) is 2.66. The van der Waals surface area contributed by atoms with Crippen LogP contribution in [-0.2, 0) is 11.3 Å². The molecule has 1 aromatic rings. The van der Waals surface area contributed by atoms with Crippen LogP contribution in [0.4, 0.5) is 0 Å². The molecule has 1 aromatic heterocycles. The molecule has 0 saturated carbocycles. The molecule has 4 nitrogen and oxygen atoms in total. The van der Waals surface area contributed by atoms with E-state index in [2.05, 4.69) is 21.0 Å². The van der Waals surface area contributed by atoms with Crippen molar-refractivity contribution in [1.82, 2.24) is 9.78 Å². The van der Waals surface area contributed by atoms with E-state index in [-0.39, 0.29) is 5.78 Å². The standard InChI is InChI=1S/C11H17BrN2O2/c1-5-14-9(8(12)7-13-14)10(15)11(3,4)16-6-2/h7H,5-6H2,1-4H3. The lowest BCUT2D eigenvalue weighted by Crippen LogP contribution is -2.36. The molecule has 90 valence electrons. The molecule has 1 rings (SSSR count). The molecule has 0 atom stereocenters. The van der Waals surface area contributed by atoms with Crippen molar-refractivity contribution in [1.29, 1.82) is 0 Å². The van der Waals surface area contributed by atoms with E-state index in [1.807, 2.05) is 13.8 Å². The Bertz CT molecular complexity index is 385. The van der Waals surface area contributed by atoms with Crippen molar-refractivity contribution >= 4 is 21.7 Å². The third-order valence-corrected chi connectivity index (χ3v) is 2.94. The molecular formula is C11H17BrN2O2. The number of nitrogens with zero attached hydrogens (tertiary/aromatic N) is 2. The number of ether oxygens (including phenoxy) is 1. The van der Waals surface area contributed by atoms with E-state index in [9.17, 15) is 4.79 Å². The van der Waals surface area contributed by atoms with Crippen molar-refractivity contribution in [3.8, 4) is 0 Å². The second-order valence-corrected chi connectivity index (χ2v) is 4.78. The first-order valence-electron chi connectivity index (χ1n) is 5.34. The zero-order valence-electron chi connectivity index (χ0n) is 10.1. The summed E-state index contributed by atoms with van der Waals surface area (Å²) < 4.78 is 7.85. The van der Waals surface area contributed by atoms with Gasteiger partial charge in [-0.1, -0.05) is 0 Å². The van der Waals surface area contributed by atoms with Crippen molar-refractivity contribution in [2.45, 2.75) is 39.8 Å². The smallest absolute Gasteiger partial charge is 0.213 e. The van der Waals surface area contributed by atoms with Crippen molar-refractivity contribution in [3.63, 3.8) is 0 Å². The first-order chi connectivity index (χ1) is 7.44. The van der Waals surface area contributed by atoms with Crippen molar-refractivity contribution in [2.24, 2.45) is 0 Å². The second-order valence-electron chi connectivity index (χ2n) is 3.93. The summed E-state index contributed by atoms with van der Waals surface area (Å²) in [6.45, 7) is 8.55. The van der Waals surface area contributed by atoms with Crippen LogP contribution < -0.4 is 0 Å². The number of carbonyl (C=O) groups is 1. The highest BCUT2D eigenvalue weighted by Gasteiger charge is 2.33. The Morgan fingerprint density at radius 1 is 1.56 bits per heavy atom. The molecule has 0 aliphatic rings. The topological polar surface area (TPSA) is 44.1 Å². The molecule has 0 saturated heterocycles. The maximum atomic E-state index is 12.3. The minimum atomic E-state index is -0.815. The molecule has 0 aromatic carbocycles. The van der Waals surface area contributed by atoms with Gasteiger partial charge in [-0.2, -0.15) is 5.10 Å². The number of halogens is 1. The lowest BCUT2D eigenvalue weighted by atomic mass is 10.0. The summed E-state index contributed by atoms with van der Waals surface area (Å²) in [5, 5.41) is 4.12. The molecule has 0 aliphatic carbocycles. The van der Waals surface area contributed by atoms with Crippen molar-refractivity contribution < 1.29 is 9.53 Å². The molecular weight excluding hydrogens is 272 g/mol. The van der Waals surface area contributed by atoms with Gasteiger partial charge in [0.2, 0.25) is 5.78 Å². The number of rotatable bonds is 5. The van der Waals surface area contributed by atoms with Gasteiger partial charge in [0.15, 0.2) is 0 Å². The van der Waals surface area contributed by atoms with E-state index in [1.165, 1.54) is 0 Å². The number of ketones is 1. The van der Waals surface area contributed by atoms with Gasteiger partial charge in [-0.05, 0) is 43.6 Å². The van der Waals surface area contributed by atoms with Gasteiger partial charge in [-0.3, -0.25) is 9.48 Å². The summed E-state index contributed by atoms with van der Waals surface area (Å²) in [5.41, 5.74) is -0.245. The van der Waals surface area contributed by atoms with Crippen LogP contribution in [0.2, 0.25) is 0 Å². The Balaban J connectivity index is 3.08. The van der Waals surface area contributed by atoms with E-state index in [1.54, 1.807) is 24.7 Å². The highest BCUT2D eigenvalue weighted by molar-refractivity contribution is 9.10. The van der Waals surface area contributed by atoms with Crippen LogP contribution in [0.15, 0.2) is 10.7 Å². The minimum absolute atomic E-state index is 0.0550.